The van der Waals surface area contributed by atoms with Gasteiger partial charge in [-0.15, -0.1) is 11.3 Å². The molecule has 0 aliphatic heterocycles. The smallest absolute Gasteiger partial charge is 0.267 e. The van der Waals surface area contributed by atoms with Crippen molar-refractivity contribution in [3.8, 4) is 0 Å². The summed E-state index contributed by atoms with van der Waals surface area (Å²) in [5.74, 6) is -0.258. The van der Waals surface area contributed by atoms with Crippen molar-refractivity contribution >= 4 is 23.5 Å². The summed E-state index contributed by atoms with van der Waals surface area (Å²) in [4.78, 5) is 17.8. The minimum Gasteiger partial charge on any atom is -0.267 e. The molecule has 0 radical (unpaired) electrons. The quantitative estimate of drug-likeness (QED) is 0.677. The number of carbonyl (C=O) groups is 1. The maximum atomic E-state index is 11.6. The largest absolute Gasteiger partial charge is 0.272 e. The van der Waals surface area contributed by atoms with Crippen LogP contribution in [0.1, 0.15) is 27.0 Å². The topological polar surface area (TPSA) is 54.4 Å². The third-order valence-electron chi connectivity index (χ3n) is 2.31. The number of amides is 1. The van der Waals surface area contributed by atoms with Crippen LogP contribution in [0.2, 0.25) is 0 Å². The molecule has 2 heterocycles. The van der Waals surface area contributed by atoms with Crippen LogP contribution in [0.4, 0.5) is 0 Å². The third kappa shape index (κ3) is 3.24. The predicted octanol–water partition coefficient (Wildman–Crippen LogP) is 2.47. The van der Waals surface area contributed by atoms with Gasteiger partial charge in [-0.1, -0.05) is 6.92 Å². The molecule has 0 aromatic carbocycles. The molecule has 4 nitrogen and oxygen atoms in total. The average molecular weight is 259 g/mol. The van der Waals surface area contributed by atoms with E-state index in [0.29, 0.717) is 5.56 Å². The lowest BCUT2D eigenvalue weighted by Gasteiger charge is -1.97. The molecule has 0 saturated heterocycles. The minimum atomic E-state index is -0.258. The Labute approximate surface area is 109 Å². The third-order valence-corrected chi connectivity index (χ3v) is 3.48. The van der Waals surface area contributed by atoms with E-state index in [0.717, 1.165) is 11.3 Å². The molecule has 2 rings (SSSR count). The van der Waals surface area contributed by atoms with Crippen molar-refractivity contribution in [3.63, 3.8) is 0 Å². The van der Waals surface area contributed by atoms with Crippen molar-refractivity contribution < 1.29 is 4.79 Å². The first-order valence-corrected chi connectivity index (χ1v) is 6.43. The van der Waals surface area contributed by atoms with Gasteiger partial charge in [0.2, 0.25) is 0 Å². The number of aromatic nitrogens is 1. The van der Waals surface area contributed by atoms with Crippen LogP contribution < -0.4 is 5.43 Å². The van der Waals surface area contributed by atoms with Crippen LogP contribution in [0.5, 0.6) is 0 Å². The van der Waals surface area contributed by atoms with Gasteiger partial charge in [0.1, 0.15) is 0 Å². The van der Waals surface area contributed by atoms with E-state index in [9.17, 15) is 4.79 Å². The zero-order valence-electron chi connectivity index (χ0n) is 9.96. The van der Waals surface area contributed by atoms with Gasteiger partial charge < -0.3 is 0 Å². The number of hydrogen-bond donors (Lipinski definition) is 1. The zero-order valence-corrected chi connectivity index (χ0v) is 10.8. The van der Waals surface area contributed by atoms with E-state index in [4.69, 9.17) is 0 Å². The molecule has 5 heteroatoms. The van der Waals surface area contributed by atoms with E-state index >= 15 is 0 Å². The Kier molecular flexibility index (Phi) is 4.20. The van der Waals surface area contributed by atoms with Gasteiger partial charge in [0.05, 0.1) is 11.8 Å². The molecule has 92 valence electrons. The molecule has 0 saturated carbocycles. The Morgan fingerprint density at radius 2 is 2.39 bits per heavy atom. The second-order valence-electron chi connectivity index (χ2n) is 3.60. The van der Waals surface area contributed by atoms with E-state index in [2.05, 4.69) is 28.5 Å². The van der Waals surface area contributed by atoms with E-state index in [1.807, 2.05) is 6.07 Å². The number of pyridine rings is 1. The van der Waals surface area contributed by atoms with Crippen molar-refractivity contribution in [2.45, 2.75) is 13.3 Å². The zero-order chi connectivity index (χ0) is 12.8. The number of hydrazone groups is 1. The van der Waals surface area contributed by atoms with E-state index in [1.54, 1.807) is 35.9 Å². The number of rotatable bonds is 4. The summed E-state index contributed by atoms with van der Waals surface area (Å²) in [6.45, 7) is 2.11. The molecule has 2 aromatic rings. The first-order chi connectivity index (χ1) is 8.79. The highest BCUT2D eigenvalue weighted by atomic mass is 32.1. The lowest BCUT2D eigenvalue weighted by atomic mass is 10.3. The molecule has 0 aliphatic carbocycles. The number of aryl methyl sites for hydroxylation is 1. The average Bonchev–Trinajstić information content (AvgIpc) is 2.87. The van der Waals surface area contributed by atoms with Gasteiger partial charge in [-0.3, -0.25) is 9.78 Å². The Morgan fingerprint density at radius 1 is 1.50 bits per heavy atom. The molecule has 2 aromatic heterocycles. The van der Waals surface area contributed by atoms with Gasteiger partial charge in [0.25, 0.3) is 5.91 Å². The molecular formula is C13H13N3OS. The highest BCUT2D eigenvalue weighted by Gasteiger charge is 2.02. The summed E-state index contributed by atoms with van der Waals surface area (Å²) in [5.41, 5.74) is 2.97. The number of nitrogens with one attached hydrogen (secondary N) is 1. The fraction of sp³-hybridized carbons (Fsp3) is 0.154. The van der Waals surface area contributed by atoms with Crippen molar-refractivity contribution in [2.24, 2.45) is 5.10 Å². The van der Waals surface area contributed by atoms with Crippen molar-refractivity contribution in [2.75, 3.05) is 0 Å². The molecule has 0 fully saturated rings. The van der Waals surface area contributed by atoms with Gasteiger partial charge in [-0.05, 0) is 30.7 Å². The van der Waals surface area contributed by atoms with Gasteiger partial charge in [0, 0.05) is 22.1 Å². The molecule has 0 bridgehead atoms. The van der Waals surface area contributed by atoms with Crippen LogP contribution in [0.3, 0.4) is 0 Å². The van der Waals surface area contributed by atoms with Gasteiger partial charge in [-0.25, -0.2) is 5.43 Å². The standard InChI is InChI=1S/C13H13N3OS/c1-2-11-5-6-12(18-11)9-15-16-13(17)10-4-3-7-14-8-10/h3-9H,2H2,1H3,(H,16,17). The number of nitrogens with zero attached hydrogens (tertiary/aromatic N) is 2. The van der Waals surface area contributed by atoms with Gasteiger partial charge in [-0.2, -0.15) is 5.10 Å². The lowest BCUT2D eigenvalue weighted by molar-refractivity contribution is 0.0955. The minimum absolute atomic E-state index is 0.258. The summed E-state index contributed by atoms with van der Waals surface area (Å²) in [5, 5.41) is 3.92. The molecule has 0 spiro atoms. The molecule has 0 atom stereocenters. The van der Waals surface area contributed by atoms with Crippen LogP contribution in [-0.2, 0) is 6.42 Å². The SMILES string of the molecule is CCc1ccc(C=NNC(=O)c2cccnc2)s1. The first kappa shape index (κ1) is 12.4. The Bertz CT molecular complexity index is 548. The maximum absolute atomic E-state index is 11.6. The normalized spacial score (nSPS) is 10.7. The fourth-order valence-electron chi connectivity index (χ4n) is 1.37. The van der Waals surface area contributed by atoms with Crippen molar-refractivity contribution in [1.82, 2.24) is 10.4 Å². The van der Waals surface area contributed by atoms with E-state index in [1.165, 1.54) is 11.1 Å². The highest BCUT2D eigenvalue weighted by Crippen LogP contribution is 2.14. The van der Waals surface area contributed by atoms with Crippen LogP contribution in [0.15, 0.2) is 41.8 Å². The molecule has 18 heavy (non-hydrogen) atoms. The summed E-state index contributed by atoms with van der Waals surface area (Å²) < 4.78 is 0. The van der Waals surface area contributed by atoms with Crippen molar-refractivity contribution in [3.05, 3.63) is 52.0 Å². The number of thiophene rings is 1. The summed E-state index contributed by atoms with van der Waals surface area (Å²) >= 11 is 1.67. The summed E-state index contributed by atoms with van der Waals surface area (Å²) in [7, 11) is 0. The predicted molar refractivity (Wildman–Crippen MR) is 73.0 cm³/mol. The summed E-state index contributed by atoms with van der Waals surface area (Å²) in [6.07, 6.45) is 5.79. The van der Waals surface area contributed by atoms with Crippen LogP contribution >= 0.6 is 11.3 Å². The van der Waals surface area contributed by atoms with Crippen LogP contribution in [0.25, 0.3) is 0 Å². The summed E-state index contributed by atoms with van der Waals surface area (Å²) in [6, 6.07) is 7.46. The van der Waals surface area contributed by atoms with Crippen LogP contribution in [0, 0.1) is 0 Å². The first-order valence-electron chi connectivity index (χ1n) is 5.61. The second kappa shape index (κ2) is 6.07. The number of carbonyl (C=O) groups excluding carboxylic acids is 1. The molecular weight excluding hydrogens is 246 g/mol. The molecule has 0 unspecified atom stereocenters. The lowest BCUT2D eigenvalue weighted by Crippen LogP contribution is -2.17. The van der Waals surface area contributed by atoms with Gasteiger partial charge >= 0.3 is 0 Å². The second-order valence-corrected chi connectivity index (χ2v) is 4.80. The molecule has 1 amide bonds. The highest BCUT2D eigenvalue weighted by molar-refractivity contribution is 7.13. The Morgan fingerprint density at radius 3 is 3.06 bits per heavy atom. The van der Waals surface area contributed by atoms with Gasteiger partial charge in [0.15, 0.2) is 0 Å². The Balaban J connectivity index is 1.93. The molecule has 0 aliphatic rings. The maximum Gasteiger partial charge on any atom is 0.272 e. The molecule has 1 N–H and O–H groups in total. The van der Waals surface area contributed by atoms with E-state index in [-0.39, 0.29) is 5.91 Å². The van der Waals surface area contributed by atoms with E-state index < -0.39 is 0 Å². The monoisotopic (exact) mass is 259 g/mol. The van der Waals surface area contributed by atoms with Crippen molar-refractivity contribution in [1.29, 1.82) is 0 Å². The van der Waals surface area contributed by atoms with Crippen LogP contribution in [-0.4, -0.2) is 17.1 Å². The number of hydrogen-bond acceptors (Lipinski definition) is 4. The Hall–Kier alpha value is -2.01. The fourth-order valence-corrected chi connectivity index (χ4v) is 2.19.